The molecule has 1 aromatic rings. The molecule has 1 atom stereocenters. The Hall–Kier alpha value is -1.59. The summed E-state index contributed by atoms with van der Waals surface area (Å²) in [4.78, 5) is 26.0. The lowest BCUT2D eigenvalue weighted by molar-refractivity contribution is -0.121. The summed E-state index contributed by atoms with van der Waals surface area (Å²) in [7, 11) is 3.30. The number of nitrogens with one attached hydrogen (secondary N) is 1. The van der Waals surface area contributed by atoms with Gasteiger partial charge in [0.2, 0.25) is 5.91 Å². The molecule has 0 radical (unpaired) electrons. The number of hydrogen-bond acceptors (Lipinski definition) is 4. The number of nitrogens with zero attached hydrogens (tertiary/aromatic N) is 1. The minimum absolute atomic E-state index is 0.0268. The monoisotopic (exact) mass is 310 g/mol. The third-order valence-electron chi connectivity index (χ3n) is 3.63. The molecule has 1 heterocycles. The number of hydrogen-bond donors (Lipinski definition) is 1. The summed E-state index contributed by atoms with van der Waals surface area (Å²) in [5.74, 6) is -0.575. The smallest absolute Gasteiger partial charge is 0.339 e. The van der Waals surface area contributed by atoms with Crippen LogP contribution in [0.1, 0.15) is 23.2 Å². The zero-order valence-corrected chi connectivity index (χ0v) is 12.9. The Kier molecular flexibility index (Phi) is 5.20. The first kappa shape index (κ1) is 15.8. The van der Waals surface area contributed by atoms with Gasteiger partial charge in [0, 0.05) is 12.2 Å². The van der Waals surface area contributed by atoms with Crippen LogP contribution in [0.2, 0.25) is 5.02 Å². The van der Waals surface area contributed by atoms with Crippen molar-refractivity contribution in [3.63, 3.8) is 0 Å². The molecule has 0 bridgehead atoms. The highest BCUT2D eigenvalue weighted by molar-refractivity contribution is 6.33. The SMILES string of the molecule is COC(=O)c1cc(NC(=O)C2CCCN(C)C2)ccc1Cl. The van der Waals surface area contributed by atoms with Crippen LogP contribution < -0.4 is 5.32 Å². The second-order valence-corrected chi connectivity index (χ2v) is 5.68. The summed E-state index contributed by atoms with van der Waals surface area (Å²) >= 11 is 5.95. The number of rotatable bonds is 3. The van der Waals surface area contributed by atoms with Gasteiger partial charge >= 0.3 is 5.97 Å². The number of piperidine rings is 1. The average molecular weight is 311 g/mol. The second kappa shape index (κ2) is 6.91. The molecule has 1 N–H and O–H groups in total. The molecule has 1 aliphatic rings. The highest BCUT2D eigenvalue weighted by atomic mass is 35.5. The van der Waals surface area contributed by atoms with Crippen molar-refractivity contribution in [3.05, 3.63) is 28.8 Å². The Labute approximate surface area is 129 Å². The quantitative estimate of drug-likeness (QED) is 0.871. The lowest BCUT2D eigenvalue weighted by Crippen LogP contribution is -2.38. The van der Waals surface area contributed by atoms with Gasteiger partial charge in [-0.1, -0.05) is 11.6 Å². The fourth-order valence-electron chi connectivity index (χ4n) is 2.49. The van der Waals surface area contributed by atoms with Gasteiger partial charge in [-0.2, -0.15) is 0 Å². The molecular formula is C15H19ClN2O3. The molecule has 1 aromatic carbocycles. The van der Waals surface area contributed by atoms with Crippen LogP contribution in [0.3, 0.4) is 0 Å². The second-order valence-electron chi connectivity index (χ2n) is 5.28. The van der Waals surface area contributed by atoms with E-state index < -0.39 is 5.97 Å². The van der Waals surface area contributed by atoms with E-state index in [9.17, 15) is 9.59 Å². The molecule has 0 spiro atoms. The number of carbonyl (C=O) groups excluding carboxylic acids is 2. The first-order chi connectivity index (χ1) is 10.0. The van der Waals surface area contributed by atoms with E-state index >= 15 is 0 Å². The molecule has 5 nitrogen and oxygen atoms in total. The van der Waals surface area contributed by atoms with Gasteiger partial charge < -0.3 is 15.0 Å². The molecule has 2 rings (SSSR count). The van der Waals surface area contributed by atoms with E-state index in [1.165, 1.54) is 7.11 Å². The van der Waals surface area contributed by atoms with E-state index in [0.29, 0.717) is 10.7 Å². The number of benzene rings is 1. The molecule has 1 unspecified atom stereocenters. The van der Waals surface area contributed by atoms with Crippen molar-refractivity contribution in [3.8, 4) is 0 Å². The average Bonchev–Trinajstić information content (AvgIpc) is 2.48. The zero-order chi connectivity index (χ0) is 15.4. The third kappa shape index (κ3) is 3.95. The Morgan fingerprint density at radius 3 is 2.86 bits per heavy atom. The predicted octanol–water partition coefficient (Wildman–Crippen LogP) is 2.41. The number of esters is 1. The number of carbonyl (C=O) groups is 2. The van der Waals surface area contributed by atoms with Crippen LogP contribution >= 0.6 is 11.6 Å². The van der Waals surface area contributed by atoms with Gasteiger partial charge in [-0.3, -0.25) is 4.79 Å². The summed E-state index contributed by atoms with van der Waals surface area (Å²) < 4.78 is 4.66. The van der Waals surface area contributed by atoms with Crippen molar-refractivity contribution in [2.75, 3.05) is 32.6 Å². The highest BCUT2D eigenvalue weighted by Gasteiger charge is 2.24. The summed E-state index contributed by atoms with van der Waals surface area (Å²) in [6.07, 6.45) is 1.90. The fraction of sp³-hybridized carbons (Fsp3) is 0.467. The van der Waals surface area contributed by atoms with Crippen molar-refractivity contribution in [1.82, 2.24) is 4.90 Å². The molecule has 6 heteroatoms. The topological polar surface area (TPSA) is 58.6 Å². The maximum atomic E-state index is 12.3. The van der Waals surface area contributed by atoms with Crippen LogP contribution in [0.5, 0.6) is 0 Å². The normalized spacial score (nSPS) is 19.1. The molecule has 0 aliphatic carbocycles. The number of amides is 1. The van der Waals surface area contributed by atoms with Gasteiger partial charge in [0.15, 0.2) is 0 Å². The van der Waals surface area contributed by atoms with Gasteiger partial charge in [-0.05, 0) is 44.6 Å². The van der Waals surface area contributed by atoms with Gasteiger partial charge in [-0.25, -0.2) is 4.79 Å². The lowest BCUT2D eigenvalue weighted by Gasteiger charge is -2.28. The lowest BCUT2D eigenvalue weighted by atomic mass is 9.97. The first-order valence-electron chi connectivity index (χ1n) is 6.88. The maximum absolute atomic E-state index is 12.3. The molecule has 21 heavy (non-hydrogen) atoms. The van der Waals surface area contributed by atoms with Crippen molar-refractivity contribution in [1.29, 1.82) is 0 Å². The molecule has 0 saturated carbocycles. The Balaban J connectivity index is 2.08. The molecule has 114 valence electrons. The van der Waals surface area contributed by atoms with Crippen molar-refractivity contribution in [2.24, 2.45) is 5.92 Å². The summed E-state index contributed by atoms with van der Waals surface area (Å²) in [6, 6.07) is 4.80. The molecule has 0 aromatic heterocycles. The zero-order valence-electron chi connectivity index (χ0n) is 12.2. The van der Waals surface area contributed by atoms with Crippen LogP contribution in [0, 0.1) is 5.92 Å². The minimum Gasteiger partial charge on any atom is -0.465 e. The van der Waals surface area contributed by atoms with E-state index in [0.717, 1.165) is 25.9 Å². The van der Waals surface area contributed by atoms with Crippen LogP contribution in [0.4, 0.5) is 5.69 Å². The fourth-order valence-corrected chi connectivity index (χ4v) is 2.69. The Morgan fingerprint density at radius 2 is 2.19 bits per heavy atom. The molecule has 1 amide bonds. The minimum atomic E-state index is -0.520. The van der Waals surface area contributed by atoms with Gasteiger partial charge in [-0.15, -0.1) is 0 Å². The van der Waals surface area contributed by atoms with Gasteiger partial charge in [0.1, 0.15) is 0 Å². The Bertz CT molecular complexity index is 548. The number of ether oxygens (including phenoxy) is 1. The largest absolute Gasteiger partial charge is 0.465 e. The standard InChI is InChI=1S/C15H19ClN2O3/c1-18-7-3-4-10(9-18)14(19)17-11-5-6-13(16)12(8-11)15(20)21-2/h5-6,8,10H,3-4,7,9H2,1-2H3,(H,17,19). The third-order valence-corrected chi connectivity index (χ3v) is 3.96. The van der Waals surface area contributed by atoms with Crippen molar-refractivity contribution in [2.45, 2.75) is 12.8 Å². The van der Waals surface area contributed by atoms with E-state index in [-0.39, 0.29) is 17.4 Å². The maximum Gasteiger partial charge on any atom is 0.339 e. The predicted molar refractivity (Wildman–Crippen MR) is 81.6 cm³/mol. The Morgan fingerprint density at radius 1 is 1.43 bits per heavy atom. The molecule has 1 aliphatic heterocycles. The van der Waals surface area contributed by atoms with E-state index in [4.69, 9.17) is 11.6 Å². The summed E-state index contributed by atoms with van der Waals surface area (Å²) in [5.41, 5.74) is 0.802. The van der Waals surface area contributed by atoms with Crippen LogP contribution in [-0.4, -0.2) is 44.0 Å². The van der Waals surface area contributed by atoms with Gasteiger partial charge in [0.25, 0.3) is 0 Å². The van der Waals surface area contributed by atoms with Crippen LogP contribution in [0.15, 0.2) is 18.2 Å². The van der Waals surface area contributed by atoms with E-state index in [1.807, 2.05) is 7.05 Å². The summed E-state index contributed by atoms with van der Waals surface area (Å²) in [5, 5.41) is 3.15. The number of anilines is 1. The van der Waals surface area contributed by atoms with Gasteiger partial charge in [0.05, 0.1) is 23.6 Å². The van der Waals surface area contributed by atoms with Crippen LogP contribution in [0.25, 0.3) is 0 Å². The van der Waals surface area contributed by atoms with Crippen molar-refractivity contribution < 1.29 is 14.3 Å². The van der Waals surface area contributed by atoms with E-state index in [1.54, 1.807) is 18.2 Å². The number of methoxy groups -OCH3 is 1. The van der Waals surface area contributed by atoms with Crippen LogP contribution in [-0.2, 0) is 9.53 Å². The molecular weight excluding hydrogens is 292 g/mol. The molecule has 1 saturated heterocycles. The molecule has 1 fully saturated rings. The number of likely N-dealkylation sites (tertiary alicyclic amines) is 1. The van der Waals surface area contributed by atoms with E-state index in [2.05, 4.69) is 15.0 Å². The van der Waals surface area contributed by atoms with Crippen molar-refractivity contribution >= 4 is 29.2 Å². The first-order valence-corrected chi connectivity index (χ1v) is 7.26. The number of halogens is 1. The highest BCUT2D eigenvalue weighted by Crippen LogP contribution is 2.23. The summed E-state index contributed by atoms with van der Waals surface area (Å²) in [6.45, 7) is 1.78.